The first kappa shape index (κ1) is 19.2. The molecule has 0 aliphatic carbocycles. The van der Waals surface area contributed by atoms with Gasteiger partial charge in [0.25, 0.3) is 5.56 Å². The van der Waals surface area contributed by atoms with Crippen LogP contribution in [-0.2, 0) is 22.6 Å². The van der Waals surface area contributed by atoms with Crippen molar-refractivity contribution < 1.29 is 14.6 Å². The summed E-state index contributed by atoms with van der Waals surface area (Å²) in [5, 5.41) is 11.9. The molecule has 0 radical (unpaired) electrons. The van der Waals surface area contributed by atoms with E-state index in [-0.39, 0.29) is 16.9 Å². The summed E-state index contributed by atoms with van der Waals surface area (Å²) in [7, 11) is 0. The zero-order chi connectivity index (χ0) is 19.9. The van der Waals surface area contributed by atoms with Crippen LogP contribution in [0.1, 0.15) is 30.7 Å². The monoisotopic (exact) mass is 415 g/mol. The fourth-order valence-corrected chi connectivity index (χ4v) is 5.22. The maximum atomic E-state index is 13.5. The van der Waals surface area contributed by atoms with Crippen LogP contribution in [0.5, 0.6) is 0 Å². The minimum atomic E-state index is -1.20. The molecule has 1 aliphatic heterocycles. The number of thioether (sulfide) groups is 1. The maximum absolute atomic E-state index is 13.5. The smallest absolute Gasteiger partial charge is 0.267 e. The molecule has 0 saturated carbocycles. The van der Waals surface area contributed by atoms with Gasteiger partial charge < -0.3 is 14.6 Å². The highest BCUT2D eigenvalue weighted by Crippen LogP contribution is 2.39. The van der Waals surface area contributed by atoms with E-state index in [2.05, 4.69) is 18.8 Å². The summed E-state index contributed by atoms with van der Waals surface area (Å²) < 4.78 is 7.52. The molecular weight excluding hydrogens is 396 g/mol. The van der Waals surface area contributed by atoms with Gasteiger partial charge in [-0.05, 0) is 31.0 Å². The zero-order valence-corrected chi connectivity index (χ0v) is 17.2. The van der Waals surface area contributed by atoms with E-state index >= 15 is 0 Å². The van der Waals surface area contributed by atoms with Crippen molar-refractivity contribution in [2.75, 3.05) is 5.75 Å². The van der Waals surface area contributed by atoms with Gasteiger partial charge in [0.05, 0.1) is 29.3 Å². The van der Waals surface area contributed by atoms with Crippen LogP contribution in [0.4, 0.5) is 0 Å². The highest BCUT2D eigenvalue weighted by Gasteiger charge is 2.33. The second-order valence-corrected chi connectivity index (χ2v) is 9.01. The van der Waals surface area contributed by atoms with Crippen molar-refractivity contribution in [2.24, 2.45) is 0 Å². The number of rotatable bonds is 5. The van der Waals surface area contributed by atoms with E-state index in [1.165, 1.54) is 15.9 Å². The molecule has 2 aromatic heterocycles. The molecule has 3 heterocycles. The van der Waals surface area contributed by atoms with Gasteiger partial charge >= 0.3 is 0 Å². The first-order chi connectivity index (χ1) is 13.4. The number of carboxylic acid groups (broad SMARTS) is 1. The minimum Gasteiger partial charge on any atom is -0.549 e. The fourth-order valence-electron chi connectivity index (χ4n) is 3.35. The summed E-state index contributed by atoms with van der Waals surface area (Å²) in [6.07, 6.45) is 1.51. The molecule has 3 aromatic rings. The van der Waals surface area contributed by atoms with Crippen LogP contribution in [-0.4, -0.2) is 26.9 Å². The third kappa shape index (κ3) is 3.36. The van der Waals surface area contributed by atoms with Crippen molar-refractivity contribution in [3.63, 3.8) is 0 Å². The molecule has 1 atom stereocenters. The van der Waals surface area contributed by atoms with Crippen molar-refractivity contribution in [2.45, 2.75) is 44.1 Å². The number of hydrogen-bond acceptors (Lipinski definition) is 7. The minimum absolute atomic E-state index is 0.171. The summed E-state index contributed by atoms with van der Waals surface area (Å²) >= 11 is 2.45. The van der Waals surface area contributed by atoms with Gasteiger partial charge in [-0.25, -0.2) is 4.98 Å². The molecular formula is C20H19N2O4S2-. The largest absolute Gasteiger partial charge is 0.549 e. The predicted molar refractivity (Wildman–Crippen MR) is 108 cm³/mol. The lowest BCUT2D eigenvalue weighted by Crippen LogP contribution is -2.34. The number of nitrogens with zero attached hydrogens (tertiary/aromatic N) is 2. The van der Waals surface area contributed by atoms with Gasteiger partial charge in [-0.2, -0.15) is 0 Å². The Hall–Kier alpha value is -2.16. The van der Waals surface area contributed by atoms with Gasteiger partial charge in [-0.3, -0.25) is 9.36 Å². The number of fused-ring (bicyclic) bond motifs is 3. The van der Waals surface area contributed by atoms with Crippen molar-refractivity contribution >= 4 is 39.3 Å². The Morgan fingerprint density at radius 1 is 1.39 bits per heavy atom. The Balaban J connectivity index is 1.95. The van der Waals surface area contributed by atoms with Gasteiger partial charge in [0.15, 0.2) is 5.16 Å². The van der Waals surface area contributed by atoms with Gasteiger partial charge in [0, 0.05) is 17.1 Å². The highest BCUT2D eigenvalue weighted by molar-refractivity contribution is 7.99. The van der Waals surface area contributed by atoms with Crippen LogP contribution in [0, 0.1) is 0 Å². The zero-order valence-electron chi connectivity index (χ0n) is 15.6. The lowest BCUT2D eigenvalue weighted by atomic mass is 9.90. The molecule has 4 rings (SSSR count). The normalized spacial score (nSPS) is 18.9. The molecule has 6 nitrogen and oxygen atoms in total. The van der Waals surface area contributed by atoms with Crippen LogP contribution >= 0.6 is 23.1 Å². The van der Waals surface area contributed by atoms with E-state index in [9.17, 15) is 14.7 Å². The van der Waals surface area contributed by atoms with Crippen LogP contribution in [0.3, 0.4) is 0 Å². The quantitative estimate of drug-likeness (QED) is 0.470. The summed E-state index contributed by atoms with van der Waals surface area (Å²) in [5.41, 5.74) is 1.20. The second kappa shape index (κ2) is 7.35. The van der Waals surface area contributed by atoms with Crippen LogP contribution in [0.25, 0.3) is 15.9 Å². The Morgan fingerprint density at radius 3 is 2.82 bits per heavy atom. The molecule has 0 saturated heterocycles. The van der Waals surface area contributed by atoms with Crippen LogP contribution in [0.15, 0.2) is 40.3 Å². The predicted octanol–water partition coefficient (Wildman–Crippen LogP) is 2.53. The highest BCUT2D eigenvalue weighted by atomic mass is 32.2. The van der Waals surface area contributed by atoms with Gasteiger partial charge in [-0.1, -0.05) is 36.9 Å². The molecule has 1 aromatic carbocycles. The van der Waals surface area contributed by atoms with Crippen molar-refractivity contribution in [3.05, 3.63) is 51.1 Å². The third-order valence-corrected chi connectivity index (χ3v) is 7.07. The Morgan fingerprint density at radius 2 is 2.14 bits per heavy atom. The molecule has 0 bridgehead atoms. The number of ether oxygens (including phenoxy) is 1. The molecule has 0 amide bonds. The first-order valence-corrected chi connectivity index (χ1v) is 10.8. The van der Waals surface area contributed by atoms with Crippen molar-refractivity contribution in [3.8, 4) is 5.69 Å². The molecule has 0 unspecified atom stereocenters. The molecule has 28 heavy (non-hydrogen) atoms. The van der Waals surface area contributed by atoms with E-state index in [1.807, 2.05) is 30.3 Å². The first-order valence-electron chi connectivity index (χ1n) is 9.01. The second-order valence-electron chi connectivity index (χ2n) is 6.98. The fraction of sp³-hybridized carbons (Fsp3) is 0.350. The van der Waals surface area contributed by atoms with Crippen LogP contribution in [0.2, 0.25) is 0 Å². The SMILES string of the molecule is CC[C@@]1(C)Cc2c(sc3nc(SCC(=O)[O-])n(-c4ccccc4)c(=O)c23)CO1. The maximum Gasteiger partial charge on any atom is 0.267 e. The molecule has 1 aliphatic rings. The Kier molecular flexibility index (Phi) is 5.03. The molecule has 0 fully saturated rings. The average Bonchev–Trinajstić information content (AvgIpc) is 3.04. The number of hydrogen-bond donors (Lipinski definition) is 0. The third-order valence-electron chi connectivity index (χ3n) is 5.06. The summed E-state index contributed by atoms with van der Waals surface area (Å²) in [6.45, 7) is 4.61. The summed E-state index contributed by atoms with van der Waals surface area (Å²) in [6, 6.07) is 9.17. The van der Waals surface area contributed by atoms with Gasteiger partial charge in [-0.15, -0.1) is 11.3 Å². The van der Waals surface area contributed by atoms with Crippen LogP contribution < -0.4 is 10.7 Å². The number of carbonyl (C=O) groups excluding carboxylic acids is 1. The van der Waals surface area contributed by atoms with E-state index in [0.29, 0.717) is 34.1 Å². The Bertz CT molecular complexity index is 1110. The van der Waals surface area contributed by atoms with E-state index in [1.54, 1.807) is 0 Å². The van der Waals surface area contributed by atoms with E-state index < -0.39 is 5.97 Å². The number of aromatic nitrogens is 2. The molecule has 0 spiro atoms. The number of thiophene rings is 1. The average molecular weight is 416 g/mol. The van der Waals surface area contributed by atoms with Gasteiger partial charge in [0.2, 0.25) is 0 Å². The molecule has 0 N–H and O–H groups in total. The van der Waals surface area contributed by atoms with E-state index in [0.717, 1.165) is 28.6 Å². The summed E-state index contributed by atoms with van der Waals surface area (Å²) in [5.74, 6) is -1.47. The number of aliphatic carboxylic acids is 1. The molecule has 8 heteroatoms. The molecule has 146 valence electrons. The Labute approximate surface area is 170 Å². The number of carboxylic acids is 1. The lowest BCUT2D eigenvalue weighted by molar-refractivity contribution is -0.301. The number of carbonyl (C=O) groups is 1. The summed E-state index contributed by atoms with van der Waals surface area (Å²) in [4.78, 5) is 30.8. The van der Waals surface area contributed by atoms with Crippen molar-refractivity contribution in [1.29, 1.82) is 0 Å². The topological polar surface area (TPSA) is 84.2 Å². The van der Waals surface area contributed by atoms with Gasteiger partial charge in [0.1, 0.15) is 4.83 Å². The number of benzene rings is 1. The van der Waals surface area contributed by atoms with Crippen molar-refractivity contribution in [1.82, 2.24) is 9.55 Å². The number of para-hydroxylation sites is 1. The van der Waals surface area contributed by atoms with E-state index in [4.69, 9.17) is 4.74 Å². The standard InChI is InChI=1S/C20H20N2O4S2/c1-3-20(2)9-13-14(10-26-20)28-17-16(13)18(25)22(12-7-5-4-6-8-12)19(21-17)27-11-15(23)24/h4-8H,3,9-11H2,1-2H3,(H,23,24)/p-1/t20-/m0/s1. The lowest BCUT2D eigenvalue weighted by Gasteiger charge is -2.32.